The summed E-state index contributed by atoms with van der Waals surface area (Å²) in [7, 11) is 0. The lowest BCUT2D eigenvalue weighted by atomic mass is 10.1. The number of carboxylic acid groups (broad SMARTS) is 1. The fraction of sp³-hybridized carbons (Fsp3) is 0.467. The molecule has 110 valence electrons. The van der Waals surface area contributed by atoms with E-state index in [0.29, 0.717) is 24.1 Å². The van der Waals surface area contributed by atoms with Gasteiger partial charge in [0, 0.05) is 18.5 Å². The number of hydrogen-bond donors (Lipinski definition) is 2. The minimum absolute atomic E-state index is 0.196. The normalized spacial score (nSPS) is 10.3. The van der Waals surface area contributed by atoms with Crippen LogP contribution in [0.25, 0.3) is 0 Å². The Morgan fingerprint density at radius 2 is 1.90 bits per heavy atom. The lowest BCUT2D eigenvalue weighted by molar-refractivity contribution is -0.137. The first-order valence-electron chi connectivity index (χ1n) is 6.77. The Labute approximate surface area is 118 Å². The first-order valence-corrected chi connectivity index (χ1v) is 6.77. The van der Waals surface area contributed by atoms with Crippen molar-refractivity contribution in [2.24, 2.45) is 0 Å². The van der Waals surface area contributed by atoms with Crippen molar-refractivity contribution in [2.75, 3.05) is 6.54 Å². The molecule has 0 aliphatic rings. The Morgan fingerprint density at radius 3 is 2.55 bits per heavy atom. The SMILES string of the molecule is Cc1cc(F)ccc1C(=O)NCCCCCCC(=O)O. The van der Waals surface area contributed by atoms with Gasteiger partial charge in [0.15, 0.2) is 0 Å². The molecule has 2 N–H and O–H groups in total. The molecule has 0 aromatic heterocycles. The van der Waals surface area contributed by atoms with E-state index in [2.05, 4.69) is 5.32 Å². The maximum Gasteiger partial charge on any atom is 0.303 e. The predicted molar refractivity (Wildman–Crippen MR) is 74.2 cm³/mol. The topological polar surface area (TPSA) is 66.4 Å². The van der Waals surface area contributed by atoms with Gasteiger partial charge in [-0.15, -0.1) is 0 Å². The minimum atomic E-state index is -0.773. The number of amides is 1. The number of carboxylic acids is 1. The molecular weight excluding hydrogens is 261 g/mol. The van der Waals surface area contributed by atoms with Gasteiger partial charge in [0.1, 0.15) is 5.82 Å². The van der Waals surface area contributed by atoms with Crippen LogP contribution >= 0.6 is 0 Å². The fourth-order valence-corrected chi connectivity index (χ4v) is 1.93. The number of hydrogen-bond acceptors (Lipinski definition) is 2. The van der Waals surface area contributed by atoms with E-state index >= 15 is 0 Å². The summed E-state index contributed by atoms with van der Waals surface area (Å²) in [5.74, 6) is -1.32. The van der Waals surface area contributed by atoms with Crippen LogP contribution in [-0.2, 0) is 4.79 Å². The number of unbranched alkanes of at least 4 members (excludes halogenated alkanes) is 3. The molecule has 0 aliphatic heterocycles. The average Bonchev–Trinajstić information content (AvgIpc) is 2.37. The average molecular weight is 281 g/mol. The number of carbonyl (C=O) groups excluding carboxylic acids is 1. The summed E-state index contributed by atoms with van der Waals surface area (Å²) in [6.45, 7) is 2.24. The fourth-order valence-electron chi connectivity index (χ4n) is 1.93. The number of aliphatic carboxylic acids is 1. The van der Waals surface area contributed by atoms with Crippen LogP contribution in [0.2, 0.25) is 0 Å². The number of nitrogens with one attached hydrogen (secondary N) is 1. The van der Waals surface area contributed by atoms with Crippen molar-refractivity contribution in [3.8, 4) is 0 Å². The van der Waals surface area contributed by atoms with Crippen molar-refractivity contribution in [3.63, 3.8) is 0 Å². The minimum Gasteiger partial charge on any atom is -0.481 e. The number of benzene rings is 1. The van der Waals surface area contributed by atoms with Gasteiger partial charge in [-0.3, -0.25) is 9.59 Å². The highest BCUT2D eigenvalue weighted by Gasteiger charge is 2.08. The number of aryl methyl sites for hydroxylation is 1. The molecule has 0 unspecified atom stereocenters. The molecule has 1 aromatic rings. The Kier molecular flexibility index (Phi) is 6.70. The Morgan fingerprint density at radius 1 is 1.20 bits per heavy atom. The standard InChI is InChI=1S/C15H20FNO3/c1-11-10-12(16)7-8-13(11)15(20)17-9-5-3-2-4-6-14(18)19/h7-8,10H,2-6,9H2,1H3,(H,17,20)(H,18,19). The molecule has 0 saturated heterocycles. The van der Waals surface area contributed by atoms with Crippen molar-refractivity contribution in [1.82, 2.24) is 5.32 Å². The highest BCUT2D eigenvalue weighted by Crippen LogP contribution is 2.10. The summed E-state index contributed by atoms with van der Waals surface area (Å²) in [5.41, 5.74) is 1.10. The zero-order chi connectivity index (χ0) is 15.0. The van der Waals surface area contributed by atoms with E-state index in [1.54, 1.807) is 6.92 Å². The van der Waals surface area contributed by atoms with Gasteiger partial charge in [-0.05, 0) is 43.5 Å². The second kappa shape index (κ2) is 8.30. The van der Waals surface area contributed by atoms with Crippen LogP contribution in [0.3, 0.4) is 0 Å². The van der Waals surface area contributed by atoms with Crippen LogP contribution in [-0.4, -0.2) is 23.5 Å². The third-order valence-electron chi connectivity index (χ3n) is 3.04. The number of halogens is 1. The van der Waals surface area contributed by atoms with Gasteiger partial charge < -0.3 is 10.4 Å². The zero-order valence-corrected chi connectivity index (χ0v) is 11.6. The molecule has 0 bridgehead atoms. The molecule has 0 heterocycles. The molecule has 0 radical (unpaired) electrons. The Bertz CT molecular complexity index is 474. The van der Waals surface area contributed by atoms with Crippen LogP contribution in [0, 0.1) is 12.7 Å². The second-order valence-electron chi connectivity index (χ2n) is 4.77. The third kappa shape index (κ3) is 5.82. The molecule has 1 rings (SSSR count). The molecule has 20 heavy (non-hydrogen) atoms. The molecule has 0 aliphatic carbocycles. The van der Waals surface area contributed by atoms with E-state index in [9.17, 15) is 14.0 Å². The molecule has 1 aromatic carbocycles. The van der Waals surface area contributed by atoms with Crippen molar-refractivity contribution >= 4 is 11.9 Å². The maximum atomic E-state index is 12.9. The predicted octanol–water partition coefficient (Wildman–Crippen LogP) is 2.90. The highest BCUT2D eigenvalue weighted by molar-refractivity contribution is 5.95. The molecule has 5 heteroatoms. The van der Waals surface area contributed by atoms with Gasteiger partial charge in [-0.25, -0.2) is 4.39 Å². The van der Waals surface area contributed by atoms with Crippen molar-refractivity contribution in [2.45, 2.75) is 39.0 Å². The zero-order valence-electron chi connectivity index (χ0n) is 11.6. The van der Waals surface area contributed by atoms with Gasteiger partial charge in [0.05, 0.1) is 0 Å². The lowest BCUT2D eigenvalue weighted by Gasteiger charge is -2.07. The van der Waals surface area contributed by atoms with E-state index in [4.69, 9.17) is 5.11 Å². The van der Waals surface area contributed by atoms with E-state index in [1.165, 1.54) is 18.2 Å². The smallest absolute Gasteiger partial charge is 0.303 e. The summed E-state index contributed by atoms with van der Waals surface area (Å²) in [5, 5.41) is 11.3. The molecule has 0 atom stereocenters. The maximum absolute atomic E-state index is 12.9. The third-order valence-corrected chi connectivity index (χ3v) is 3.04. The van der Waals surface area contributed by atoms with E-state index in [1.807, 2.05) is 0 Å². The van der Waals surface area contributed by atoms with Gasteiger partial charge in [0.25, 0.3) is 5.91 Å². The Balaban J connectivity index is 2.22. The molecule has 4 nitrogen and oxygen atoms in total. The van der Waals surface area contributed by atoms with Gasteiger partial charge in [-0.2, -0.15) is 0 Å². The molecule has 1 amide bonds. The van der Waals surface area contributed by atoms with Gasteiger partial charge in [0.2, 0.25) is 0 Å². The van der Waals surface area contributed by atoms with Crippen LogP contribution in [0.15, 0.2) is 18.2 Å². The number of rotatable bonds is 8. The van der Waals surface area contributed by atoms with Crippen LogP contribution < -0.4 is 5.32 Å². The van der Waals surface area contributed by atoms with E-state index < -0.39 is 5.97 Å². The molecule has 0 spiro atoms. The first kappa shape index (κ1) is 16.1. The second-order valence-corrected chi connectivity index (χ2v) is 4.77. The summed E-state index contributed by atoms with van der Waals surface area (Å²) >= 11 is 0. The molecular formula is C15H20FNO3. The highest BCUT2D eigenvalue weighted by atomic mass is 19.1. The Hall–Kier alpha value is -1.91. The first-order chi connectivity index (χ1) is 9.50. The quantitative estimate of drug-likeness (QED) is 0.720. The monoisotopic (exact) mass is 281 g/mol. The molecule has 0 fully saturated rings. The van der Waals surface area contributed by atoms with Crippen molar-refractivity contribution < 1.29 is 19.1 Å². The van der Waals surface area contributed by atoms with Crippen molar-refractivity contribution in [3.05, 3.63) is 35.1 Å². The van der Waals surface area contributed by atoms with Crippen LogP contribution in [0.4, 0.5) is 4.39 Å². The van der Waals surface area contributed by atoms with Gasteiger partial charge in [-0.1, -0.05) is 12.8 Å². The summed E-state index contributed by atoms with van der Waals surface area (Å²) in [6.07, 6.45) is 3.40. The van der Waals surface area contributed by atoms with Gasteiger partial charge >= 0.3 is 5.97 Å². The van der Waals surface area contributed by atoms with E-state index in [-0.39, 0.29) is 18.1 Å². The van der Waals surface area contributed by atoms with Crippen LogP contribution in [0.5, 0.6) is 0 Å². The number of carbonyl (C=O) groups is 2. The van der Waals surface area contributed by atoms with Crippen LogP contribution in [0.1, 0.15) is 48.0 Å². The van der Waals surface area contributed by atoms with Crippen molar-refractivity contribution in [1.29, 1.82) is 0 Å². The summed E-state index contributed by atoms with van der Waals surface area (Å²) < 4.78 is 12.9. The largest absolute Gasteiger partial charge is 0.481 e. The summed E-state index contributed by atoms with van der Waals surface area (Å²) in [6, 6.07) is 4.08. The molecule has 0 saturated carbocycles. The summed E-state index contributed by atoms with van der Waals surface area (Å²) in [4.78, 5) is 22.2. The lowest BCUT2D eigenvalue weighted by Crippen LogP contribution is -2.25. The van der Waals surface area contributed by atoms with E-state index in [0.717, 1.165) is 19.3 Å².